The molecular weight excluding hydrogens is 282 g/mol. The van der Waals surface area contributed by atoms with Crippen molar-refractivity contribution in [1.29, 1.82) is 0 Å². The number of rotatable bonds is 5. The van der Waals surface area contributed by atoms with Gasteiger partial charge in [-0.05, 0) is 24.1 Å². The Hall–Kier alpha value is -2.08. The molecule has 0 aromatic heterocycles. The molecule has 2 N–H and O–H groups in total. The third-order valence-electron chi connectivity index (χ3n) is 3.94. The monoisotopic (exact) mass is 305 g/mol. The fourth-order valence-electron chi connectivity index (χ4n) is 2.71. The molecule has 0 radical (unpaired) electrons. The van der Waals surface area contributed by atoms with Crippen LogP contribution in [-0.4, -0.2) is 56.6 Å². The lowest BCUT2D eigenvalue weighted by Crippen LogP contribution is -2.49. The Morgan fingerprint density at radius 1 is 1.23 bits per heavy atom. The number of hydrogen-bond acceptors (Lipinski definition) is 5. The molecule has 0 saturated carbocycles. The van der Waals surface area contributed by atoms with E-state index in [9.17, 15) is 9.59 Å². The molecular formula is C16H23N3O3. The van der Waals surface area contributed by atoms with Crippen molar-refractivity contribution in [1.82, 2.24) is 4.90 Å². The summed E-state index contributed by atoms with van der Waals surface area (Å²) in [6.07, 6.45) is 0.283. The topological polar surface area (TPSA) is 75.9 Å². The zero-order chi connectivity index (χ0) is 16.1. The van der Waals surface area contributed by atoms with Crippen LogP contribution in [0.5, 0.6) is 0 Å². The summed E-state index contributed by atoms with van der Waals surface area (Å²) in [6, 6.07) is 6.04. The van der Waals surface area contributed by atoms with Crippen LogP contribution in [0.4, 0.5) is 5.69 Å². The number of amides is 1. The second kappa shape index (κ2) is 7.26. The Morgan fingerprint density at radius 2 is 1.91 bits per heavy atom. The predicted molar refractivity (Wildman–Crippen MR) is 84.7 cm³/mol. The molecule has 0 spiro atoms. The lowest BCUT2D eigenvalue weighted by Gasteiger charge is -2.36. The van der Waals surface area contributed by atoms with Gasteiger partial charge >= 0.3 is 5.97 Å². The van der Waals surface area contributed by atoms with Crippen molar-refractivity contribution in [3.05, 3.63) is 29.3 Å². The minimum atomic E-state index is -0.287. The number of benzene rings is 1. The Balaban J connectivity index is 2.04. The zero-order valence-corrected chi connectivity index (χ0v) is 13.2. The van der Waals surface area contributed by atoms with Crippen molar-refractivity contribution in [3.8, 4) is 0 Å². The molecule has 1 aromatic rings. The van der Waals surface area contributed by atoms with Gasteiger partial charge in [0, 0.05) is 31.9 Å². The van der Waals surface area contributed by atoms with E-state index in [-0.39, 0.29) is 18.3 Å². The van der Waals surface area contributed by atoms with E-state index in [4.69, 9.17) is 10.5 Å². The molecule has 6 heteroatoms. The predicted octanol–water partition coefficient (Wildman–Crippen LogP) is 0.318. The average Bonchev–Trinajstić information content (AvgIpc) is 2.49. The van der Waals surface area contributed by atoms with Crippen molar-refractivity contribution in [2.24, 2.45) is 5.73 Å². The van der Waals surface area contributed by atoms with Crippen molar-refractivity contribution in [2.75, 3.05) is 44.7 Å². The molecule has 1 heterocycles. The van der Waals surface area contributed by atoms with Crippen LogP contribution < -0.4 is 10.6 Å². The van der Waals surface area contributed by atoms with Gasteiger partial charge in [0.2, 0.25) is 5.91 Å². The summed E-state index contributed by atoms with van der Waals surface area (Å²) in [7, 11) is 1.40. The van der Waals surface area contributed by atoms with Crippen LogP contribution in [0.1, 0.15) is 11.1 Å². The zero-order valence-electron chi connectivity index (χ0n) is 13.2. The van der Waals surface area contributed by atoms with Crippen molar-refractivity contribution >= 4 is 17.6 Å². The summed E-state index contributed by atoms with van der Waals surface area (Å²) in [4.78, 5) is 26.7. The number of carbonyl (C=O) groups is 2. The number of nitrogens with zero attached hydrogens (tertiary/aromatic N) is 2. The van der Waals surface area contributed by atoms with Crippen LogP contribution in [0.15, 0.2) is 18.2 Å². The molecule has 1 fully saturated rings. The fourth-order valence-corrected chi connectivity index (χ4v) is 2.71. The van der Waals surface area contributed by atoms with Gasteiger partial charge < -0.3 is 15.4 Å². The van der Waals surface area contributed by atoms with E-state index >= 15 is 0 Å². The Kier molecular flexibility index (Phi) is 5.38. The van der Waals surface area contributed by atoms with Gasteiger partial charge in [0.05, 0.1) is 20.1 Å². The van der Waals surface area contributed by atoms with Gasteiger partial charge in [0.15, 0.2) is 0 Å². The smallest absolute Gasteiger partial charge is 0.309 e. The van der Waals surface area contributed by atoms with E-state index in [0.717, 1.165) is 37.4 Å². The number of esters is 1. The van der Waals surface area contributed by atoms with Crippen LogP contribution in [0.3, 0.4) is 0 Å². The van der Waals surface area contributed by atoms with E-state index in [0.29, 0.717) is 6.54 Å². The molecule has 22 heavy (non-hydrogen) atoms. The summed E-state index contributed by atoms with van der Waals surface area (Å²) in [6.45, 7) is 5.68. The maximum absolute atomic E-state index is 11.4. The van der Waals surface area contributed by atoms with Gasteiger partial charge in [-0.3, -0.25) is 14.5 Å². The van der Waals surface area contributed by atoms with E-state index in [1.807, 2.05) is 12.1 Å². The van der Waals surface area contributed by atoms with E-state index in [1.165, 1.54) is 12.7 Å². The fraction of sp³-hybridized carbons (Fsp3) is 0.500. The van der Waals surface area contributed by atoms with Crippen molar-refractivity contribution < 1.29 is 14.3 Å². The molecule has 0 aliphatic carbocycles. The lowest BCUT2D eigenvalue weighted by atomic mass is 10.1. The van der Waals surface area contributed by atoms with Crippen LogP contribution in [-0.2, 0) is 20.7 Å². The maximum atomic E-state index is 11.4. The van der Waals surface area contributed by atoms with Gasteiger partial charge in [-0.15, -0.1) is 0 Å². The number of anilines is 1. The van der Waals surface area contributed by atoms with E-state index < -0.39 is 0 Å². The molecule has 2 rings (SSSR count). The summed E-state index contributed by atoms with van der Waals surface area (Å²) in [5, 5.41) is 0. The molecule has 120 valence electrons. The first-order chi connectivity index (χ1) is 10.5. The lowest BCUT2D eigenvalue weighted by molar-refractivity contribution is -0.139. The highest BCUT2D eigenvalue weighted by Crippen LogP contribution is 2.23. The van der Waals surface area contributed by atoms with Gasteiger partial charge in [-0.1, -0.05) is 12.1 Å². The number of aryl methyl sites for hydroxylation is 1. The summed E-state index contributed by atoms with van der Waals surface area (Å²) >= 11 is 0. The highest BCUT2D eigenvalue weighted by Gasteiger charge is 2.19. The molecule has 6 nitrogen and oxygen atoms in total. The average molecular weight is 305 g/mol. The number of carbonyl (C=O) groups excluding carboxylic acids is 2. The van der Waals surface area contributed by atoms with Gasteiger partial charge in [-0.25, -0.2) is 0 Å². The van der Waals surface area contributed by atoms with Crippen LogP contribution >= 0.6 is 0 Å². The standard InChI is InChI=1S/C16H23N3O3/c1-12-3-4-13(10-16(21)22-2)9-14(12)19-7-5-18(6-8-19)11-15(17)20/h3-4,9H,5-8,10-11H2,1-2H3,(H2,17,20). The number of primary amides is 1. The summed E-state index contributed by atoms with van der Waals surface area (Å²) in [5.41, 5.74) is 8.50. The molecule has 1 aromatic carbocycles. The highest BCUT2D eigenvalue weighted by atomic mass is 16.5. The third kappa shape index (κ3) is 4.21. The second-order valence-electron chi connectivity index (χ2n) is 5.60. The van der Waals surface area contributed by atoms with Crippen LogP contribution in [0.25, 0.3) is 0 Å². The second-order valence-corrected chi connectivity index (χ2v) is 5.60. The van der Waals surface area contributed by atoms with E-state index in [2.05, 4.69) is 22.8 Å². The number of methoxy groups -OCH3 is 1. The Morgan fingerprint density at radius 3 is 2.50 bits per heavy atom. The molecule has 1 aliphatic rings. The molecule has 1 aliphatic heterocycles. The Labute approximate surface area is 130 Å². The van der Waals surface area contributed by atoms with Crippen LogP contribution in [0, 0.1) is 6.92 Å². The molecule has 0 bridgehead atoms. The van der Waals surface area contributed by atoms with Crippen LogP contribution in [0.2, 0.25) is 0 Å². The Bertz CT molecular complexity index is 552. The molecule has 1 amide bonds. The number of piperazine rings is 1. The molecule has 0 atom stereocenters. The first-order valence-electron chi connectivity index (χ1n) is 7.41. The van der Waals surface area contributed by atoms with Gasteiger partial charge in [-0.2, -0.15) is 0 Å². The maximum Gasteiger partial charge on any atom is 0.309 e. The quantitative estimate of drug-likeness (QED) is 0.793. The first-order valence-corrected chi connectivity index (χ1v) is 7.41. The largest absolute Gasteiger partial charge is 0.469 e. The number of nitrogens with two attached hydrogens (primary N) is 1. The third-order valence-corrected chi connectivity index (χ3v) is 3.94. The number of hydrogen-bond donors (Lipinski definition) is 1. The molecule has 0 unspecified atom stereocenters. The minimum Gasteiger partial charge on any atom is -0.469 e. The minimum absolute atomic E-state index is 0.235. The SMILES string of the molecule is COC(=O)Cc1ccc(C)c(N2CCN(CC(N)=O)CC2)c1. The summed E-state index contributed by atoms with van der Waals surface area (Å²) in [5.74, 6) is -0.522. The van der Waals surface area contributed by atoms with Gasteiger partial charge in [0.1, 0.15) is 0 Å². The highest BCUT2D eigenvalue weighted by molar-refractivity contribution is 5.76. The number of ether oxygens (including phenoxy) is 1. The van der Waals surface area contributed by atoms with Crippen molar-refractivity contribution in [2.45, 2.75) is 13.3 Å². The van der Waals surface area contributed by atoms with E-state index in [1.54, 1.807) is 0 Å². The summed E-state index contributed by atoms with van der Waals surface area (Å²) < 4.78 is 4.72. The first kappa shape index (κ1) is 16.3. The van der Waals surface area contributed by atoms with Crippen molar-refractivity contribution in [3.63, 3.8) is 0 Å². The normalized spacial score (nSPS) is 15.6. The molecule has 1 saturated heterocycles. The van der Waals surface area contributed by atoms with Gasteiger partial charge in [0.25, 0.3) is 0 Å².